The Bertz CT molecular complexity index is 1320. The van der Waals surface area contributed by atoms with Crippen LogP contribution in [0.1, 0.15) is 15.9 Å². The third-order valence-electron chi connectivity index (χ3n) is 4.88. The molecule has 1 aromatic heterocycles. The fraction of sp³-hybridized carbons (Fsp3) is 0.0769. The van der Waals surface area contributed by atoms with Crippen LogP contribution in [-0.4, -0.2) is 10.5 Å². The second-order valence-electron chi connectivity index (χ2n) is 7.21. The van der Waals surface area contributed by atoms with Gasteiger partial charge in [-0.2, -0.15) is 0 Å². The second-order valence-corrected chi connectivity index (χ2v) is 8.19. The topological polar surface area (TPSA) is 46.4 Å². The summed E-state index contributed by atoms with van der Waals surface area (Å²) in [5.74, 6) is -0.624. The monoisotopic (exact) mass is 443 g/mol. The zero-order valence-electron chi connectivity index (χ0n) is 17.6. The van der Waals surface area contributed by atoms with E-state index in [0.29, 0.717) is 21.9 Å². The van der Waals surface area contributed by atoms with E-state index in [1.165, 1.54) is 17.4 Å². The van der Waals surface area contributed by atoms with Gasteiger partial charge in [0.1, 0.15) is 16.5 Å². The van der Waals surface area contributed by atoms with Gasteiger partial charge < -0.3 is 9.88 Å². The van der Waals surface area contributed by atoms with Gasteiger partial charge in [-0.15, -0.1) is 6.58 Å². The van der Waals surface area contributed by atoms with Crippen LogP contribution in [0.4, 0.5) is 15.1 Å². The maximum absolute atomic E-state index is 14.3. The summed E-state index contributed by atoms with van der Waals surface area (Å²) in [7, 11) is 0. The van der Waals surface area contributed by atoms with Crippen molar-refractivity contribution in [3.63, 3.8) is 0 Å². The smallest absolute Gasteiger partial charge is 0.256 e. The number of anilines is 1. The lowest BCUT2D eigenvalue weighted by Gasteiger charge is -2.11. The molecule has 160 valence electrons. The molecule has 0 radical (unpaired) electrons. The SMILES string of the molecule is C=CCn1c(-c2ccc(C)cc2)c(NC(=O)c2ccccc2)sc1=Nc1ccccc1F. The molecular formula is C26H22FN3OS. The molecule has 0 aliphatic carbocycles. The standard InChI is InChI=1S/C26H22FN3OS/c1-3-17-30-23(19-15-13-18(2)14-16-19)25(29-24(31)20-9-5-4-6-10-20)32-26(30)28-22-12-8-7-11-21(22)27/h3-16H,1,17H2,2H3,(H,29,31). The first-order valence-corrected chi connectivity index (χ1v) is 11.0. The van der Waals surface area contributed by atoms with Crippen molar-refractivity contribution in [2.24, 2.45) is 4.99 Å². The number of thiazole rings is 1. The van der Waals surface area contributed by atoms with Crippen LogP contribution in [0.2, 0.25) is 0 Å². The Morgan fingerprint density at radius 2 is 1.75 bits per heavy atom. The molecule has 0 saturated heterocycles. The number of para-hydroxylation sites is 1. The van der Waals surface area contributed by atoms with Crippen LogP contribution in [0.3, 0.4) is 0 Å². The van der Waals surface area contributed by atoms with E-state index in [9.17, 15) is 9.18 Å². The number of nitrogens with one attached hydrogen (secondary N) is 1. The number of amides is 1. The van der Waals surface area contributed by atoms with E-state index in [1.807, 2.05) is 54.0 Å². The van der Waals surface area contributed by atoms with Crippen molar-refractivity contribution in [2.75, 3.05) is 5.32 Å². The highest BCUT2D eigenvalue weighted by Crippen LogP contribution is 2.32. The zero-order chi connectivity index (χ0) is 22.5. The van der Waals surface area contributed by atoms with Crippen molar-refractivity contribution in [3.05, 3.63) is 113 Å². The largest absolute Gasteiger partial charge is 0.312 e. The molecule has 0 saturated carbocycles. The lowest BCUT2D eigenvalue weighted by atomic mass is 10.1. The summed E-state index contributed by atoms with van der Waals surface area (Å²) >= 11 is 1.30. The Labute approximate surface area is 190 Å². The van der Waals surface area contributed by atoms with E-state index >= 15 is 0 Å². The molecule has 1 amide bonds. The zero-order valence-corrected chi connectivity index (χ0v) is 18.4. The molecule has 4 rings (SSSR count). The molecule has 0 aliphatic rings. The Kier molecular flexibility index (Phi) is 6.42. The molecule has 4 nitrogen and oxygen atoms in total. The number of benzene rings is 3. The third-order valence-corrected chi connectivity index (χ3v) is 5.87. The van der Waals surface area contributed by atoms with E-state index in [-0.39, 0.29) is 11.6 Å². The van der Waals surface area contributed by atoms with E-state index < -0.39 is 5.82 Å². The third kappa shape index (κ3) is 4.60. The van der Waals surface area contributed by atoms with Gasteiger partial charge in [-0.3, -0.25) is 4.79 Å². The average molecular weight is 444 g/mol. The lowest BCUT2D eigenvalue weighted by Crippen LogP contribution is -2.15. The van der Waals surface area contributed by atoms with Gasteiger partial charge >= 0.3 is 0 Å². The van der Waals surface area contributed by atoms with Crippen LogP contribution in [-0.2, 0) is 6.54 Å². The minimum absolute atomic E-state index is 0.219. The Hall–Kier alpha value is -3.77. The van der Waals surface area contributed by atoms with Gasteiger partial charge in [0.2, 0.25) is 0 Å². The maximum Gasteiger partial charge on any atom is 0.256 e. The van der Waals surface area contributed by atoms with Crippen LogP contribution >= 0.6 is 11.3 Å². The molecule has 0 spiro atoms. The summed E-state index contributed by atoms with van der Waals surface area (Å²) in [5.41, 5.74) is 3.65. The van der Waals surface area contributed by atoms with Gasteiger partial charge in [-0.05, 0) is 31.2 Å². The minimum atomic E-state index is -0.405. The molecule has 1 heterocycles. The predicted octanol–water partition coefficient (Wildman–Crippen LogP) is 6.33. The van der Waals surface area contributed by atoms with E-state index in [4.69, 9.17) is 0 Å². The number of rotatable bonds is 6. The van der Waals surface area contributed by atoms with E-state index in [1.54, 1.807) is 36.4 Å². The van der Waals surface area contributed by atoms with E-state index in [0.717, 1.165) is 16.8 Å². The molecule has 1 N–H and O–H groups in total. The quantitative estimate of drug-likeness (QED) is 0.348. The highest BCUT2D eigenvalue weighted by atomic mass is 32.1. The van der Waals surface area contributed by atoms with Crippen molar-refractivity contribution in [1.82, 2.24) is 4.57 Å². The molecule has 0 atom stereocenters. The number of nitrogens with zero attached hydrogens (tertiary/aromatic N) is 2. The molecule has 6 heteroatoms. The van der Waals surface area contributed by atoms with Gasteiger partial charge in [0.25, 0.3) is 5.91 Å². The number of halogens is 1. The van der Waals surface area contributed by atoms with Crippen LogP contribution in [0.25, 0.3) is 11.3 Å². The average Bonchev–Trinajstić information content (AvgIpc) is 3.13. The Morgan fingerprint density at radius 1 is 1.06 bits per heavy atom. The summed E-state index contributed by atoms with van der Waals surface area (Å²) in [4.78, 5) is 18.1. The first-order chi connectivity index (χ1) is 15.6. The molecule has 4 aromatic rings. The number of aromatic nitrogens is 1. The minimum Gasteiger partial charge on any atom is -0.312 e. The van der Waals surface area contributed by atoms with Gasteiger partial charge in [-0.25, -0.2) is 9.38 Å². The summed E-state index contributed by atoms with van der Waals surface area (Å²) in [5, 5.41) is 3.67. The number of hydrogen-bond acceptors (Lipinski definition) is 3. The normalized spacial score (nSPS) is 11.4. The molecule has 0 fully saturated rings. The summed E-state index contributed by atoms with van der Waals surface area (Å²) in [6.45, 7) is 6.34. The van der Waals surface area contributed by atoms with Gasteiger partial charge in [0.05, 0.1) is 5.69 Å². The lowest BCUT2D eigenvalue weighted by molar-refractivity contribution is 0.102. The highest BCUT2D eigenvalue weighted by molar-refractivity contribution is 7.14. The molecule has 0 bridgehead atoms. The van der Waals surface area contributed by atoms with Crippen molar-refractivity contribution in [1.29, 1.82) is 0 Å². The molecule has 0 unspecified atom stereocenters. The van der Waals surface area contributed by atoms with Gasteiger partial charge in [-0.1, -0.05) is 77.6 Å². The van der Waals surface area contributed by atoms with Gasteiger partial charge in [0, 0.05) is 17.7 Å². The van der Waals surface area contributed by atoms with Crippen LogP contribution in [0.5, 0.6) is 0 Å². The highest BCUT2D eigenvalue weighted by Gasteiger charge is 2.18. The van der Waals surface area contributed by atoms with Crippen molar-refractivity contribution < 1.29 is 9.18 Å². The van der Waals surface area contributed by atoms with Gasteiger partial charge in [0.15, 0.2) is 4.80 Å². The summed E-state index contributed by atoms with van der Waals surface area (Å²) < 4.78 is 16.3. The van der Waals surface area contributed by atoms with Crippen molar-refractivity contribution >= 4 is 27.9 Å². The molecule has 32 heavy (non-hydrogen) atoms. The first-order valence-electron chi connectivity index (χ1n) is 10.1. The summed E-state index contributed by atoms with van der Waals surface area (Å²) in [6.07, 6.45) is 1.76. The number of carbonyl (C=O) groups excluding carboxylic acids is 1. The van der Waals surface area contributed by atoms with Crippen LogP contribution in [0.15, 0.2) is 96.5 Å². The van der Waals surface area contributed by atoms with E-state index in [2.05, 4.69) is 16.9 Å². The second kappa shape index (κ2) is 9.58. The van der Waals surface area contributed by atoms with Crippen molar-refractivity contribution in [2.45, 2.75) is 13.5 Å². The summed E-state index contributed by atoms with van der Waals surface area (Å²) in [6, 6.07) is 23.4. The first kappa shape index (κ1) is 21.5. The number of hydrogen-bond donors (Lipinski definition) is 1. The van der Waals surface area contributed by atoms with Crippen LogP contribution in [0, 0.1) is 12.7 Å². The predicted molar refractivity (Wildman–Crippen MR) is 129 cm³/mol. The number of carbonyl (C=O) groups is 1. The van der Waals surface area contributed by atoms with Crippen molar-refractivity contribution in [3.8, 4) is 11.3 Å². The molecular weight excluding hydrogens is 421 g/mol. The Morgan fingerprint density at radius 3 is 2.44 bits per heavy atom. The fourth-order valence-electron chi connectivity index (χ4n) is 3.29. The fourth-order valence-corrected chi connectivity index (χ4v) is 4.36. The molecule has 0 aliphatic heterocycles. The van der Waals surface area contributed by atoms with Crippen LogP contribution < -0.4 is 10.1 Å². The number of allylic oxidation sites excluding steroid dienone is 1. The molecule has 3 aromatic carbocycles. The number of aryl methyl sites for hydroxylation is 1. The Balaban J connectivity index is 1.91. The maximum atomic E-state index is 14.3.